The zero-order valence-corrected chi connectivity index (χ0v) is 16.6. The maximum Gasteiger partial charge on any atom is 0.491 e. The van der Waals surface area contributed by atoms with Gasteiger partial charge in [0.2, 0.25) is 0 Å². The average molecular weight is 378 g/mol. The van der Waals surface area contributed by atoms with Crippen molar-refractivity contribution in [2.45, 2.75) is 45.8 Å². The molecule has 1 fully saturated rings. The van der Waals surface area contributed by atoms with Crippen LogP contribution in [0.15, 0.2) is 23.7 Å². The first-order valence-electron chi connectivity index (χ1n) is 7.95. The summed E-state index contributed by atoms with van der Waals surface area (Å²) in [5.74, 6) is 0.430. The van der Waals surface area contributed by atoms with Crippen molar-refractivity contribution in [3.8, 4) is 6.07 Å². The Bertz CT molecular complexity index is 739. The molecule has 1 heterocycles. The lowest BCUT2D eigenvalue weighted by molar-refractivity contribution is -0.109. The number of halogens is 1. The predicted molar refractivity (Wildman–Crippen MR) is 103 cm³/mol. The molecule has 7 heteroatoms. The number of carbonyl (C=O) groups is 1. The van der Waals surface area contributed by atoms with Crippen LogP contribution in [0.4, 0.5) is 0 Å². The van der Waals surface area contributed by atoms with Crippen molar-refractivity contribution < 1.29 is 14.1 Å². The van der Waals surface area contributed by atoms with Gasteiger partial charge in [0.05, 0.1) is 22.8 Å². The SMILES string of the molecule is CC(=O)SCC(=Cc1ccc(Cl)cc1C#N)B1OC(C)(C)C(C)(C)O1. The summed E-state index contributed by atoms with van der Waals surface area (Å²) in [5.41, 5.74) is 1.04. The molecule has 1 aliphatic rings. The van der Waals surface area contributed by atoms with Gasteiger partial charge in [-0.05, 0) is 50.9 Å². The van der Waals surface area contributed by atoms with E-state index < -0.39 is 18.3 Å². The molecule has 0 unspecified atom stereocenters. The highest BCUT2D eigenvalue weighted by atomic mass is 35.5. The van der Waals surface area contributed by atoms with Gasteiger partial charge in [0.25, 0.3) is 0 Å². The maximum atomic E-state index is 11.4. The van der Waals surface area contributed by atoms with Crippen LogP contribution in [-0.4, -0.2) is 29.2 Å². The molecule has 0 N–H and O–H groups in total. The molecule has 0 aliphatic carbocycles. The predicted octanol–water partition coefficient (Wildman–Crippen LogP) is 4.51. The summed E-state index contributed by atoms with van der Waals surface area (Å²) in [4.78, 5) is 11.4. The summed E-state index contributed by atoms with van der Waals surface area (Å²) >= 11 is 7.15. The van der Waals surface area contributed by atoms with Crippen molar-refractivity contribution >= 4 is 41.7 Å². The van der Waals surface area contributed by atoms with Crippen LogP contribution < -0.4 is 0 Å². The molecule has 2 rings (SSSR count). The molecule has 0 spiro atoms. The first-order valence-corrected chi connectivity index (χ1v) is 9.31. The van der Waals surface area contributed by atoms with Crippen LogP contribution >= 0.6 is 23.4 Å². The number of rotatable bonds is 4. The monoisotopic (exact) mass is 377 g/mol. The Kier molecular flexibility index (Phi) is 6.06. The van der Waals surface area contributed by atoms with E-state index in [1.54, 1.807) is 18.2 Å². The minimum Gasteiger partial charge on any atom is -0.400 e. The van der Waals surface area contributed by atoms with Gasteiger partial charge in [0, 0.05) is 17.7 Å². The van der Waals surface area contributed by atoms with Crippen molar-refractivity contribution in [1.29, 1.82) is 5.26 Å². The molecule has 1 aromatic rings. The zero-order chi connectivity index (χ0) is 18.8. The minimum absolute atomic E-state index is 0.0130. The fourth-order valence-corrected chi connectivity index (χ4v) is 3.07. The summed E-state index contributed by atoms with van der Waals surface area (Å²) in [6, 6.07) is 7.28. The largest absolute Gasteiger partial charge is 0.491 e. The summed E-state index contributed by atoms with van der Waals surface area (Å²) in [6.45, 7) is 9.43. The highest BCUT2D eigenvalue weighted by molar-refractivity contribution is 8.13. The van der Waals surface area contributed by atoms with Gasteiger partial charge in [0.1, 0.15) is 0 Å². The van der Waals surface area contributed by atoms with Crippen molar-refractivity contribution in [2.24, 2.45) is 0 Å². The number of carbonyl (C=O) groups excluding carboxylic acids is 1. The fourth-order valence-electron chi connectivity index (χ4n) is 2.31. The average Bonchev–Trinajstić information content (AvgIpc) is 2.72. The lowest BCUT2D eigenvalue weighted by atomic mass is 9.78. The van der Waals surface area contributed by atoms with Crippen molar-refractivity contribution in [1.82, 2.24) is 0 Å². The molecule has 0 radical (unpaired) electrons. The smallest absolute Gasteiger partial charge is 0.400 e. The molecule has 1 aromatic carbocycles. The van der Waals surface area contributed by atoms with E-state index in [-0.39, 0.29) is 5.12 Å². The molecular formula is C18H21BClNO3S. The summed E-state index contributed by atoms with van der Waals surface area (Å²) in [6.07, 6.45) is 1.85. The maximum absolute atomic E-state index is 11.4. The van der Waals surface area contributed by atoms with E-state index in [2.05, 4.69) is 6.07 Å². The van der Waals surface area contributed by atoms with Gasteiger partial charge < -0.3 is 9.31 Å². The zero-order valence-electron chi connectivity index (χ0n) is 15.1. The third-order valence-electron chi connectivity index (χ3n) is 4.47. The second kappa shape index (κ2) is 7.55. The van der Waals surface area contributed by atoms with Gasteiger partial charge in [0.15, 0.2) is 5.12 Å². The topological polar surface area (TPSA) is 59.3 Å². The van der Waals surface area contributed by atoms with Gasteiger partial charge in [-0.3, -0.25) is 4.79 Å². The molecule has 132 valence electrons. The molecule has 0 aromatic heterocycles. The summed E-state index contributed by atoms with van der Waals surface area (Å²) < 4.78 is 12.2. The van der Waals surface area contributed by atoms with Crippen LogP contribution in [0.25, 0.3) is 6.08 Å². The van der Waals surface area contributed by atoms with E-state index in [1.807, 2.05) is 33.8 Å². The highest BCUT2D eigenvalue weighted by Gasteiger charge is 2.52. The third-order valence-corrected chi connectivity index (χ3v) is 5.59. The minimum atomic E-state index is -0.570. The Hall–Kier alpha value is -1.26. The highest BCUT2D eigenvalue weighted by Crippen LogP contribution is 2.39. The Labute approximate surface area is 158 Å². The Morgan fingerprint density at radius 3 is 2.44 bits per heavy atom. The van der Waals surface area contributed by atoms with E-state index in [4.69, 9.17) is 20.9 Å². The van der Waals surface area contributed by atoms with Gasteiger partial charge in [-0.2, -0.15) is 5.26 Å². The van der Waals surface area contributed by atoms with Gasteiger partial charge in [-0.15, -0.1) is 0 Å². The number of hydrogen-bond donors (Lipinski definition) is 0. The van der Waals surface area contributed by atoms with E-state index >= 15 is 0 Å². The van der Waals surface area contributed by atoms with Crippen molar-refractivity contribution in [3.05, 3.63) is 39.8 Å². The summed E-state index contributed by atoms with van der Waals surface area (Å²) in [5, 5.41) is 9.86. The van der Waals surface area contributed by atoms with E-state index in [0.717, 1.165) is 11.0 Å². The first kappa shape index (κ1) is 20.1. The number of nitrogens with zero attached hydrogens (tertiary/aromatic N) is 1. The molecule has 0 atom stereocenters. The Balaban J connectivity index is 2.41. The molecule has 4 nitrogen and oxygen atoms in total. The summed E-state index contributed by atoms with van der Waals surface area (Å²) in [7, 11) is -0.570. The Morgan fingerprint density at radius 1 is 1.32 bits per heavy atom. The normalized spacial score (nSPS) is 18.9. The van der Waals surface area contributed by atoms with Crippen LogP contribution in [0.5, 0.6) is 0 Å². The quantitative estimate of drug-likeness (QED) is 0.723. The van der Waals surface area contributed by atoms with E-state index in [9.17, 15) is 10.1 Å². The molecule has 0 bridgehead atoms. The molecule has 1 aliphatic heterocycles. The number of hydrogen-bond acceptors (Lipinski definition) is 5. The third kappa shape index (κ3) is 4.68. The molecule has 25 heavy (non-hydrogen) atoms. The number of thioether (sulfide) groups is 1. The van der Waals surface area contributed by atoms with Gasteiger partial charge >= 0.3 is 7.12 Å². The molecule has 1 saturated heterocycles. The van der Waals surface area contributed by atoms with Crippen LogP contribution in [0.2, 0.25) is 5.02 Å². The van der Waals surface area contributed by atoms with E-state index in [0.29, 0.717) is 16.3 Å². The van der Waals surface area contributed by atoms with E-state index in [1.165, 1.54) is 18.7 Å². The van der Waals surface area contributed by atoms with Gasteiger partial charge in [-0.1, -0.05) is 35.5 Å². The number of nitriles is 1. The first-order chi connectivity index (χ1) is 11.6. The second-order valence-electron chi connectivity index (χ2n) is 6.93. The van der Waals surface area contributed by atoms with Crippen LogP contribution in [0.3, 0.4) is 0 Å². The van der Waals surface area contributed by atoms with Crippen molar-refractivity contribution in [3.63, 3.8) is 0 Å². The van der Waals surface area contributed by atoms with Crippen molar-refractivity contribution in [2.75, 3.05) is 5.75 Å². The molecular weight excluding hydrogens is 357 g/mol. The van der Waals surface area contributed by atoms with Crippen LogP contribution in [0, 0.1) is 11.3 Å². The lowest BCUT2D eigenvalue weighted by Gasteiger charge is -2.32. The fraction of sp³-hybridized carbons (Fsp3) is 0.444. The lowest BCUT2D eigenvalue weighted by Crippen LogP contribution is -2.41. The van der Waals surface area contributed by atoms with Crippen LogP contribution in [-0.2, 0) is 14.1 Å². The van der Waals surface area contributed by atoms with Gasteiger partial charge in [-0.25, -0.2) is 0 Å². The molecule has 0 saturated carbocycles. The number of benzene rings is 1. The van der Waals surface area contributed by atoms with Crippen LogP contribution in [0.1, 0.15) is 45.7 Å². The standard InChI is InChI=1S/C18H21BClNO3S/c1-12(22)25-11-15(19-23-17(2,3)18(4,5)24-19)8-13-6-7-16(20)9-14(13)10-21/h6-9H,11H2,1-5H3. The second-order valence-corrected chi connectivity index (χ2v) is 8.52. The molecule has 0 amide bonds. The Morgan fingerprint density at radius 2 is 1.92 bits per heavy atom.